The second kappa shape index (κ2) is 6.74. The Bertz CT molecular complexity index is 598. The maximum absolute atomic E-state index is 6.15. The van der Waals surface area contributed by atoms with E-state index in [1.807, 2.05) is 30.5 Å². The van der Waals surface area contributed by atoms with Crippen molar-refractivity contribution in [3.8, 4) is 0 Å². The number of hydrogen-bond donors (Lipinski definition) is 2. The Kier molecular flexibility index (Phi) is 4.52. The fourth-order valence-electron chi connectivity index (χ4n) is 2.31. The highest BCUT2D eigenvalue weighted by Gasteiger charge is 2.12. The molecule has 0 radical (unpaired) electrons. The summed E-state index contributed by atoms with van der Waals surface area (Å²) in [6.07, 6.45) is 3.55. The second-order valence-electron chi connectivity index (χ2n) is 4.94. The normalized spacial score (nSPS) is 15.0. The zero-order valence-corrected chi connectivity index (χ0v) is 12.5. The first kappa shape index (κ1) is 14.1. The third-order valence-electron chi connectivity index (χ3n) is 3.48. The molecule has 0 atom stereocenters. The van der Waals surface area contributed by atoms with Crippen molar-refractivity contribution in [2.75, 3.05) is 36.4 Å². The van der Waals surface area contributed by atoms with Gasteiger partial charge in [0.25, 0.3) is 0 Å². The van der Waals surface area contributed by atoms with Crippen LogP contribution in [-0.4, -0.2) is 36.1 Å². The lowest BCUT2D eigenvalue weighted by atomic mass is 10.2. The van der Waals surface area contributed by atoms with Gasteiger partial charge in [0.1, 0.15) is 11.6 Å². The first-order valence-corrected chi connectivity index (χ1v) is 7.46. The van der Waals surface area contributed by atoms with Crippen LogP contribution in [0.2, 0.25) is 5.02 Å². The van der Waals surface area contributed by atoms with Crippen molar-refractivity contribution in [2.24, 2.45) is 0 Å². The summed E-state index contributed by atoms with van der Waals surface area (Å²) in [7, 11) is 0. The van der Waals surface area contributed by atoms with E-state index in [9.17, 15) is 0 Å². The van der Waals surface area contributed by atoms with Crippen LogP contribution in [0.3, 0.4) is 0 Å². The van der Waals surface area contributed by atoms with Crippen LogP contribution in [0.1, 0.15) is 5.56 Å². The molecule has 3 rings (SSSR count). The van der Waals surface area contributed by atoms with E-state index in [-0.39, 0.29) is 0 Å². The van der Waals surface area contributed by atoms with Gasteiger partial charge in [-0.05, 0) is 11.6 Å². The zero-order chi connectivity index (χ0) is 14.5. The number of benzene rings is 1. The van der Waals surface area contributed by atoms with Gasteiger partial charge < -0.3 is 15.5 Å². The molecule has 5 nitrogen and oxygen atoms in total. The van der Waals surface area contributed by atoms with Gasteiger partial charge >= 0.3 is 0 Å². The molecule has 0 unspecified atom stereocenters. The van der Waals surface area contributed by atoms with Crippen molar-refractivity contribution < 1.29 is 0 Å². The molecule has 2 heterocycles. The van der Waals surface area contributed by atoms with Crippen molar-refractivity contribution in [1.29, 1.82) is 0 Å². The largest absolute Gasteiger partial charge is 0.365 e. The van der Waals surface area contributed by atoms with E-state index in [2.05, 4.69) is 25.5 Å². The number of halogens is 1. The first-order valence-electron chi connectivity index (χ1n) is 7.08. The van der Waals surface area contributed by atoms with Crippen LogP contribution >= 0.6 is 11.6 Å². The number of hydrogen-bond acceptors (Lipinski definition) is 5. The van der Waals surface area contributed by atoms with Gasteiger partial charge in [-0.15, -0.1) is 0 Å². The number of nitrogens with zero attached hydrogens (tertiary/aromatic N) is 3. The van der Waals surface area contributed by atoms with Gasteiger partial charge in [-0.2, -0.15) is 0 Å². The number of aromatic nitrogens is 2. The Labute approximate surface area is 129 Å². The smallest absolute Gasteiger partial charge is 0.149 e. The Balaban J connectivity index is 1.67. The van der Waals surface area contributed by atoms with Gasteiger partial charge in [-0.1, -0.05) is 29.8 Å². The number of piperazine rings is 1. The fraction of sp³-hybridized carbons (Fsp3) is 0.333. The molecule has 110 valence electrons. The van der Waals surface area contributed by atoms with Gasteiger partial charge in [0.05, 0.1) is 12.4 Å². The van der Waals surface area contributed by atoms with E-state index in [1.54, 1.807) is 6.20 Å². The molecule has 1 aromatic carbocycles. The Morgan fingerprint density at radius 1 is 1.19 bits per heavy atom. The summed E-state index contributed by atoms with van der Waals surface area (Å²) >= 11 is 6.15. The van der Waals surface area contributed by atoms with Gasteiger partial charge in [-0.25, -0.2) is 4.98 Å². The lowest BCUT2D eigenvalue weighted by Crippen LogP contribution is -2.44. The van der Waals surface area contributed by atoms with Crippen LogP contribution in [0, 0.1) is 0 Å². The lowest BCUT2D eigenvalue weighted by molar-refractivity contribution is 0.584. The molecule has 0 amide bonds. The van der Waals surface area contributed by atoms with Crippen LogP contribution in [-0.2, 0) is 6.54 Å². The maximum Gasteiger partial charge on any atom is 0.149 e. The average molecular weight is 304 g/mol. The van der Waals surface area contributed by atoms with Crippen molar-refractivity contribution in [1.82, 2.24) is 15.3 Å². The van der Waals surface area contributed by atoms with E-state index < -0.39 is 0 Å². The quantitative estimate of drug-likeness (QED) is 0.906. The van der Waals surface area contributed by atoms with E-state index in [0.717, 1.165) is 48.4 Å². The Morgan fingerprint density at radius 2 is 2.00 bits per heavy atom. The molecular formula is C15H18ClN5. The minimum Gasteiger partial charge on any atom is -0.365 e. The van der Waals surface area contributed by atoms with E-state index in [1.165, 1.54) is 0 Å². The molecule has 2 aromatic rings. The molecule has 0 aliphatic carbocycles. The zero-order valence-electron chi connectivity index (χ0n) is 11.7. The van der Waals surface area contributed by atoms with E-state index >= 15 is 0 Å². The molecule has 1 fully saturated rings. The van der Waals surface area contributed by atoms with Gasteiger partial charge in [-0.3, -0.25) is 4.98 Å². The molecule has 6 heteroatoms. The summed E-state index contributed by atoms with van der Waals surface area (Å²) in [6, 6.07) is 7.80. The van der Waals surface area contributed by atoms with Gasteiger partial charge in [0.2, 0.25) is 0 Å². The van der Waals surface area contributed by atoms with Crippen molar-refractivity contribution in [3.05, 3.63) is 47.2 Å². The predicted octanol–water partition coefficient (Wildman–Crippen LogP) is 2.15. The van der Waals surface area contributed by atoms with Crippen molar-refractivity contribution in [2.45, 2.75) is 6.54 Å². The molecular weight excluding hydrogens is 286 g/mol. The standard InChI is InChI=1S/C15H18ClN5/c16-13-4-2-1-3-12(13)9-19-14-10-18-11-15(20-14)21-7-5-17-6-8-21/h1-4,10-11,17H,5-9H2,(H,19,20). The predicted molar refractivity (Wildman–Crippen MR) is 85.9 cm³/mol. The summed E-state index contributed by atoms with van der Waals surface area (Å²) in [6.45, 7) is 4.53. The molecule has 1 aliphatic heterocycles. The molecule has 1 aromatic heterocycles. The van der Waals surface area contributed by atoms with Crippen LogP contribution in [0.25, 0.3) is 0 Å². The SMILES string of the molecule is Clc1ccccc1CNc1cncc(N2CCNCC2)n1. The molecule has 0 bridgehead atoms. The Hall–Kier alpha value is -1.85. The Morgan fingerprint density at radius 3 is 2.81 bits per heavy atom. The summed E-state index contributed by atoms with van der Waals surface area (Å²) in [5, 5.41) is 7.37. The summed E-state index contributed by atoms with van der Waals surface area (Å²) in [5.41, 5.74) is 1.05. The average Bonchev–Trinajstić information content (AvgIpc) is 2.55. The number of rotatable bonds is 4. The van der Waals surface area contributed by atoms with Crippen LogP contribution in [0.5, 0.6) is 0 Å². The minimum atomic E-state index is 0.638. The molecule has 0 spiro atoms. The van der Waals surface area contributed by atoms with Gasteiger partial charge in [0.15, 0.2) is 0 Å². The molecule has 1 saturated heterocycles. The van der Waals surface area contributed by atoms with Crippen molar-refractivity contribution in [3.63, 3.8) is 0 Å². The topological polar surface area (TPSA) is 53.1 Å². The molecule has 2 N–H and O–H groups in total. The highest BCUT2D eigenvalue weighted by molar-refractivity contribution is 6.31. The molecule has 1 aliphatic rings. The minimum absolute atomic E-state index is 0.638. The first-order chi connectivity index (χ1) is 10.3. The van der Waals surface area contributed by atoms with Crippen LogP contribution < -0.4 is 15.5 Å². The number of nitrogens with one attached hydrogen (secondary N) is 2. The highest BCUT2D eigenvalue weighted by Crippen LogP contribution is 2.17. The summed E-state index contributed by atoms with van der Waals surface area (Å²) in [4.78, 5) is 11.1. The summed E-state index contributed by atoms with van der Waals surface area (Å²) < 4.78 is 0. The van der Waals surface area contributed by atoms with E-state index in [4.69, 9.17) is 11.6 Å². The number of anilines is 2. The second-order valence-corrected chi connectivity index (χ2v) is 5.35. The van der Waals surface area contributed by atoms with Crippen molar-refractivity contribution >= 4 is 23.2 Å². The third-order valence-corrected chi connectivity index (χ3v) is 3.85. The fourth-order valence-corrected chi connectivity index (χ4v) is 2.52. The molecule has 21 heavy (non-hydrogen) atoms. The third kappa shape index (κ3) is 3.62. The monoisotopic (exact) mass is 303 g/mol. The van der Waals surface area contributed by atoms with E-state index in [0.29, 0.717) is 6.54 Å². The summed E-state index contributed by atoms with van der Waals surface area (Å²) in [5.74, 6) is 1.69. The van der Waals surface area contributed by atoms with Crippen LogP contribution in [0.15, 0.2) is 36.7 Å². The van der Waals surface area contributed by atoms with Crippen LogP contribution in [0.4, 0.5) is 11.6 Å². The highest BCUT2D eigenvalue weighted by atomic mass is 35.5. The maximum atomic E-state index is 6.15. The van der Waals surface area contributed by atoms with Gasteiger partial charge in [0, 0.05) is 37.7 Å². The lowest BCUT2D eigenvalue weighted by Gasteiger charge is -2.28. The molecule has 0 saturated carbocycles.